The first kappa shape index (κ1) is 8.05. The van der Waals surface area contributed by atoms with Gasteiger partial charge in [-0.25, -0.2) is 0 Å². The van der Waals surface area contributed by atoms with E-state index in [1.807, 2.05) is 6.92 Å². The lowest BCUT2D eigenvalue weighted by Crippen LogP contribution is -2.35. The smallest absolute Gasteiger partial charge is 0.143 e. The summed E-state index contributed by atoms with van der Waals surface area (Å²) < 4.78 is 0. The molecule has 1 spiro atoms. The maximum atomic E-state index is 9.33. The van der Waals surface area contributed by atoms with Crippen molar-refractivity contribution in [2.75, 3.05) is 0 Å². The lowest BCUT2D eigenvalue weighted by molar-refractivity contribution is -0.0676. The van der Waals surface area contributed by atoms with Crippen molar-refractivity contribution in [3.63, 3.8) is 0 Å². The molecule has 1 heterocycles. The summed E-state index contributed by atoms with van der Waals surface area (Å²) in [6.07, 6.45) is 4.48. The highest BCUT2D eigenvalue weighted by Gasteiger charge is 2.40. The monoisotopic (exact) mass is 169 g/mol. The van der Waals surface area contributed by atoms with Gasteiger partial charge in [0.1, 0.15) is 5.60 Å². The molecule has 0 aromatic carbocycles. The molecule has 12 heavy (non-hydrogen) atoms. The van der Waals surface area contributed by atoms with Gasteiger partial charge in [0.15, 0.2) is 0 Å². The van der Waals surface area contributed by atoms with Gasteiger partial charge in [0, 0.05) is 6.42 Å². The van der Waals surface area contributed by atoms with E-state index < -0.39 is 0 Å². The molecule has 3 nitrogen and oxygen atoms in total. The first-order valence-corrected chi connectivity index (χ1v) is 4.60. The third kappa shape index (κ3) is 1.33. The Morgan fingerprint density at radius 1 is 1.50 bits per heavy atom. The van der Waals surface area contributed by atoms with E-state index in [9.17, 15) is 5.11 Å². The second-order valence-electron chi connectivity index (χ2n) is 4.01. The van der Waals surface area contributed by atoms with Crippen LogP contribution in [0.1, 0.15) is 39.0 Å². The van der Waals surface area contributed by atoms with Gasteiger partial charge in [0.2, 0.25) is 0 Å². The van der Waals surface area contributed by atoms with Crippen molar-refractivity contribution in [2.45, 2.75) is 50.7 Å². The minimum Gasteiger partial charge on any atom is -0.393 e. The van der Waals surface area contributed by atoms with Gasteiger partial charge in [-0.1, -0.05) is 5.16 Å². The topological polar surface area (TPSA) is 41.8 Å². The third-order valence-corrected chi connectivity index (χ3v) is 2.84. The normalized spacial score (nSPS) is 41.2. The number of hydrogen-bond donors (Lipinski definition) is 1. The predicted molar refractivity (Wildman–Crippen MR) is 46.0 cm³/mol. The molecule has 3 heteroatoms. The van der Waals surface area contributed by atoms with Crippen molar-refractivity contribution in [3.05, 3.63) is 0 Å². The van der Waals surface area contributed by atoms with E-state index in [-0.39, 0.29) is 11.7 Å². The first-order valence-electron chi connectivity index (χ1n) is 4.60. The fourth-order valence-corrected chi connectivity index (χ4v) is 2.10. The van der Waals surface area contributed by atoms with Crippen molar-refractivity contribution < 1.29 is 9.94 Å². The van der Waals surface area contributed by atoms with E-state index in [0.717, 1.165) is 37.8 Å². The largest absolute Gasteiger partial charge is 0.393 e. The van der Waals surface area contributed by atoms with Gasteiger partial charge < -0.3 is 9.94 Å². The molecule has 0 bridgehead atoms. The van der Waals surface area contributed by atoms with Crippen molar-refractivity contribution in [2.24, 2.45) is 5.16 Å². The van der Waals surface area contributed by atoms with Gasteiger partial charge in [-0.15, -0.1) is 0 Å². The van der Waals surface area contributed by atoms with E-state index in [4.69, 9.17) is 4.84 Å². The molecule has 0 aromatic rings. The van der Waals surface area contributed by atoms with E-state index in [1.165, 1.54) is 0 Å². The lowest BCUT2D eigenvalue weighted by atomic mass is 9.80. The van der Waals surface area contributed by atoms with E-state index in [0.29, 0.717) is 0 Å². The number of aliphatic hydroxyl groups is 1. The highest BCUT2D eigenvalue weighted by atomic mass is 16.7. The van der Waals surface area contributed by atoms with Crippen molar-refractivity contribution in [1.29, 1.82) is 0 Å². The second kappa shape index (κ2) is 2.73. The molecule has 0 radical (unpaired) electrons. The summed E-state index contributed by atoms with van der Waals surface area (Å²) in [7, 11) is 0. The first-order chi connectivity index (χ1) is 5.70. The minimum atomic E-state index is -0.111. The molecular formula is C9H15NO2. The summed E-state index contributed by atoms with van der Waals surface area (Å²) in [5.41, 5.74) is 1.05. The van der Waals surface area contributed by atoms with E-state index >= 15 is 0 Å². The summed E-state index contributed by atoms with van der Waals surface area (Å²) in [4.78, 5) is 5.42. The Hall–Kier alpha value is -0.570. The standard InChI is InChI=1S/C9H15NO2/c1-7-6-9(12-10-7)4-2-8(11)3-5-9/h8,11H,2-6H2,1H3. The van der Waals surface area contributed by atoms with Crippen LogP contribution < -0.4 is 0 Å². The van der Waals surface area contributed by atoms with E-state index in [2.05, 4.69) is 5.16 Å². The molecule has 2 rings (SSSR count). The summed E-state index contributed by atoms with van der Waals surface area (Å²) in [6, 6.07) is 0. The van der Waals surface area contributed by atoms with Gasteiger partial charge in [0.25, 0.3) is 0 Å². The van der Waals surface area contributed by atoms with Crippen LogP contribution in [0.2, 0.25) is 0 Å². The Bertz CT molecular complexity index is 205. The lowest BCUT2D eigenvalue weighted by Gasteiger charge is -2.32. The second-order valence-corrected chi connectivity index (χ2v) is 4.01. The minimum absolute atomic E-state index is 0.0384. The Labute approximate surface area is 72.4 Å². The summed E-state index contributed by atoms with van der Waals surface area (Å²) in [5, 5.41) is 13.3. The summed E-state index contributed by atoms with van der Waals surface area (Å²) >= 11 is 0. The summed E-state index contributed by atoms with van der Waals surface area (Å²) in [6.45, 7) is 2.00. The molecule has 0 saturated heterocycles. The van der Waals surface area contributed by atoms with Crippen LogP contribution >= 0.6 is 0 Å². The van der Waals surface area contributed by atoms with Gasteiger partial charge in [0.05, 0.1) is 11.8 Å². The number of rotatable bonds is 0. The molecule has 1 aliphatic carbocycles. The van der Waals surface area contributed by atoms with Crippen molar-refractivity contribution >= 4 is 5.71 Å². The van der Waals surface area contributed by atoms with Crippen LogP contribution in [-0.4, -0.2) is 22.5 Å². The molecule has 1 fully saturated rings. The molecule has 0 atom stereocenters. The molecule has 1 N–H and O–H groups in total. The maximum absolute atomic E-state index is 9.33. The van der Waals surface area contributed by atoms with Crippen molar-refractivity contribution in [1.82, 2.24) is 0 Å². The molecule has 0 aromatic heterocycles. The van der Waals surface area contributed by atoms with Crippen LogP contribution in [0.15, 0.2) is 5.16 Å². The zero-order valence-corrected chi connectivity index (χ0v) is 7.42. The number of oxime groups is 1. The third-order valence-electron chi connectivity index (χ3n) is 2.84. The fourth-order valence-electron chi connectivity index (χ4n) is 2.10. The SMILES string of the molecule is CC1=NOC2(CCC(O)CC2)C1. The Kier molecular flexibility index (Phi) is 1.83. The van der Waals surface area contributed by atoms with Crippen LogP contribution in [0, 0.1) is 0 Å². The van der Waals surface area contributed by atoms with Crippen LogP contribution in [0.5, 0.6) is 0 Å². The maximum Gasteiger partial charge on any atom is 0.143 e. The van der Waals surface area contributed by atoms with Crippen LogP contribution in [-0.2, 0) is 4.84 Å². The molecule has 68 valence electrons. The average molecular weight is 169 g/mol. The Morgan fingerprint density at radius 2 is 2.17 bits per heavy atom. The van der Waals surface area contributed by atoms with Crippen molar-refractivity contribution in [3.8, 4) is 0 Å². The Morgan fingerprint density at radius 3 is 2.67 bits per heavy atom. The van der Waals surface area contributed by atoms with Gasteiger partial charge in [-0.2, -0.15) is 0 Å². The number of aliphatic hydroxyl groups excluding tert-OH is 1. The predicted octanol–water partition coefficient (Wildman–Crippen LogP) is 1.46. The zero-order chi connectivity index (χ0) is 8.60. The molecule has 0 unspecified atom stereocenters. The average Bonchev–Trinajstić information content (AvgIpc) is 2.40. The fraction of sp³-hybridized carbons (Fsp3) is 0.889. The molecule has 2 aliphatic rings. The van der Waals surface area contributed by atoms with Crippen LogP contribution in [0.3, 0.4) is 0 Å². The molecule has 1 aliphatic heterocycles. The van der Waals surface area contributed by atoms with Gasteiger partial charge >= 0.3 is 0 Å². The highest BCUT2D eigenvalue weighted by molar-refractivity contribution is 5.83. The van der Waals surface area contributed by atoms with Gasteiger partial charge in [-0.3, -0.25) is 0 Å². The number of nitrogens with zero attached hydrogens (tertiary/aromatic N) is 1. The zero-order valence-electron chi connectivity index (χ0n) is 7.42. The highest BCUT2D eigenvalue weighted by Crippen LogP contribution is 2.38. The molecule has 0 amide bonds. The van der Waals surface area contributed by atoms with Crippen LogP contribution in [0.4, 0.5) is 0 Å². The quantitative estimate of drug-likeness (QED) is 0.596. The molecule has 1 saturated carbocycles. The van der Waals surface area contributed by atoms with Crippen LogP contribution in [0.25, 0.3) is 0 Å². The van der Waals surface area contributed by atoms with Gasteiger partial charge in [-0.05, 0) is 32.6 Å². The summed E-state index contributed by atoms with van der Waals surface area (Å²) in [5.74, 6) is 0. The Balaban J connectivity index is 1.97. The van der Waals surface area contributed by atoms with E-state index in [1.54, 1.807) is 0 Å². The number of hydrogen-bond acceptors (Lipinski definition) is 3. The molecular weight excluding hydrogens is 154 g/mol.